The lowest BCUT2D eigenvalue weighted by Crippen LogP contribution is -2.06. The highest BCUT2D eigenvalue weighted by molar-refractivity contribution is 9.10. The Morgan fingerprint density at radius 3 is 2.13 bits per heavy atom. The zero-order chi connectivity index (χ0) is 17.1. The Morgan fingerprint density at radius 1 is 0.957 bits per heavy atom. The van der Waals surface area contributed by atoms with Gasteiger partial charge in [-0.1, -0.05) is 19.4 Å². The molecule has 0 atom stereocenters. The Balaban J connectivity index is 2.15. The van der Waals surface area contributed by atoms with Crippen molar-refractivity contribution in [3.8, 4) is 5.69 Å². The Bertz CT molecular complexity index is 919. The minimum absolute atomic E-state index is 0.219. The normalized spacial score (nSPS) is 15.4. The van der Waals surface area contributed by atoms with Gasteiger partial charge in [0.25, 0.3) is 0 Å². The van der Waals surface area contributed by atoms with Gasteiger partial charge >= 0.3 is 10.2 Å². The van der Waals surface area contributed by atoms with Gasteiger partial charge in [0.05, 0.1) is 11.2 Å². The Morgan fingerprint density at radius 2 is 1.57 bits per heavy atom. The fourth-order valence-corrected chi connectivity index (χ4v) is 3.27. The van der Waals surface area contributed by atoms with Crippen LogP contribution in [0.25, 0.3) is 16.6 Å². The molecule has 0 radical (unpaired) electrons. The maximum Gasteiger partial charge on any atom is 0.310 e. The summed E-state index contributed by atoms with van der Waals surface area (Å²) in [6, 6.07) is 7.50. The van der Waals surface area contributed by atoms with E-state index >= 15 is 0 Å². The number of halogens is 6. The van der Waals surface area contributed by atoms with E-state index in [1.165, 1.54) is 4.68 Å². The molecular weight excluding hydrogens is 405 g/mol. The largest absolute Gasteiger partial charge is 0.399 e. The molecule has 0 fully saturated rings. The molecule has 3 nitrogen and oxygen atoms in total. The van der Waals surface area contributed by atoms with Crippen LogP contribution in [-0.4, -0.2) is 9.78 Å². The molecule has 0 aliphatic rings. The topological polar surface area (TPSA) is 43.8 Å². The van der Waals surface area contributed by atoms with Gasteiger partial charge in [0.1, 0.15) is 9.50 Å². The molecule has 0 spiro atoms. The predicted molar refractivity (Wildman–Crippen MR) is 84.6 cm³/mol. The van der Waals surface area contributed by atoms with E-state index in [4.69, 9.17) is 5.73 Å². The first-order valence-electron chi connectivity index (χ1n) is 6.13. The Kier molecular flexibility index (Phi) is 2.92. The lowest BCUT2D eigenvalue weighted by Gasteiger charge is -2.40. The molecule has 23 heavy (non-hydrogen) atoms. The van der Waals surface area contributed by atoms with Crippen LogP contribution in [0.4, 0.5) is 25.1 Å². The van der Waals surface area contributed by atoms with E-state index in [2.05, 4.69) is 21.0 Å². The van der Waals surface area contributed by atoms with Gasteiger partial charge in [-0.05, 0) is 58.4 Å². The van der Waals surface area contributed by atoms with Crippen LogP contribution < -0.4 is 5.73 Å². The quantitative estimate of drug-likeness (QED) is 0.411. The molecular formula is C13H9BrF5N3S. The van der Waals surface area contributed by atoms with Gasteiger partial charge in [-0.25, -0.2) is 4.68 Å². The molecule has 3 rings (SSSR count). The number of anilines is 1. The first-order chi connectivity index (χ1) is 10.3. The number of nitrogens with zero attached hydrogens (tertiary/aromatic N) is 2. The third-order valence-corrected chi connectivity index (χ3v) is 4.93. The van der Waals surface area contributed by atoms with E-state index in [-0.39, 0.29) is 5.69 Å². The summed E-state index contributed by atoms with van der Waals surface area (Å²) in [5, 5.41) is 4.80. The number of benzene rings is 2. The van der Waals surface area contributed by atoms with Crippen molar-refractivity contribution in [3.05, 3.63) is 47.1 Å². The van der Waals surface area contributed by atoms with Crippen molar-refractivity contribution in [3.63, 3.8) is 0 Å². The molecule has 1 heterocycles. The van der Waals surface area contributed by atoms with Crippen molar-refractivity contribution in [2.24, 2.45) is 0 Å². The van der Waals surface area contributed by atoms with E-state index in [0.29, 0.717) is 33.3 Å². The third-order valence-electron chi connectivity index (χ3n) is 3.19. The molecule has 2 aromatic carbocycles. The second kappa shape index (κ2) is 4.18. The van der Waals surface area contributed by atoms with Crippen LogP contribution in [0, 0.1) is 0 Å². The lowest BCUT2D eigenvalue weighted by atomic mass is 10.2. The minimum atomic E-state index is -9.68. The van der Waals surface area contributed by atoms with Crippen LogP contribution in [0.15, 0.2) is 52.0 Å². The molecule has 124 valence electrons. The molecule has 1 aromatic heterocycles. The number of nitrogen functional groups attached to an aromatic ring is 1. The van der Waals surface area contributed by atoms with E-state index in [1.54, 1.807) is 18.2 Å². The number of aromatic nitrogens is 2. The summed E-state index contributed by atoms with van der Waals surface area (Å²) in [7, 11) is -9.68. The van der Waals surface area contributed by atoms with Crippen molar-refractivity contribution < 1.29 is 19.4 Å². The molecule has 0 saturated carbocycles. The molecule has 0 unspecified atom stereocenters. The third kappa shape index (κ3) is 3.00. The summed E-state index contributed by atoms with van der Waals surface area (Å²) in [5.74, 6) is 0. The maximum absolute atomic E-state index is 12.7. The van der Waals surface area contributed by atoms with Crippen LogP contribution >= 0.6 is 26.2 Å². The maximum atomic E-state index is 12.7. The average molecular weight is 414 g/mol. The van der Waals surface area contributed by atoms with Crippen molar-refractivity contribution in [2.45, 2.75) is 4.90 Å². The van der Waals surface area contributed by atoms with E-state index in [1.807, 2.05) is 0 Å². The van der Waals surface area contributed by atoms with Gasteiger partial charge in [-0.2, -0.15) is 5.10 Å². The summed E-state index contributed by atoms with van der Waals surface area (Å²) in [6.07, 6.45) is 0. The zero-order valence-electron chi connectivity index (χ0n) is 11.2. The first-order valence-corrected chi connectivity index (χ1v) is 8.88. The van der Waals surface area contributed by atoms with Gasteiger partial charge in [0.15, 0.2) is 0 Å². The number of hydrogen-bond donors (Lipinski definition) is 1. The predicted octanol–water partition coefficient (Wildman–Crippen LogP) is 6.03. The summed E-state index contributed by atoms with van der Waals surface area (Å²) < 4.78 is 65.5. The SMILES string of the molecule is Nc1ccc2c(c1)c(Br)nn2-c1ccc(S(F)(F)(F)(F)F)cc1. The fourth-order valence-electron chi connectivity index (χ4n) is 2.14. The van der Waals surface area contributed by atoms with Crippen molar-refractivity contribution in [2.75, 3.05) is 5.73 Å². The highest BCUT2D eigenvalue weighted by atomic mass is 79.9. The Hall–Kier alpha value is -1.81. The molecule has 0 aliphatic carbocycles. The number of hydrogen-bond acceptors (Lipinski definition) is 2. The smallest absolute Gasteiger partial charge is 0.310 e. The lowest BCUT2D eigenvalue weighted by molar-refractivity contribution is 0.364. The van der Waals surface area contributed by atoms with E-state index in [0.717, 1.165) is 12.1 Å². The second-order valence-corrected chi connectivity index (χ2v) is 8.10. The fraction of sp³-hybridized carbons (Fsp3) is 0. The van der Waals surface area contributed by atoms with Gasteiger partial charge in [-0.3, -0.25) is 0 Å². The minimum Gasteiger partial charge on any atom is -0.399 e. The Labute approximate surface area is 135 Å². The number of fused-ring (bicyclic) bond motifs is 1. The standard InChI is InChI=1S/C13H9BrF5N3S/c14-13-11-7-8(20)1-6-12(11)22(21-13)9-2-4-10(5-3-9)23(15,16,17,18)19/h1-7H,20H2. The molecule has 3 aromatic rings. The van der Waals surface area contributed by atoms with Gasteiger partial charge in [0, 0.05) is 11.1 Å². The summed E-state index contributed by atoms with van der Waals surface area (Å²) in [6.45, 7) is 0. The monoisotopic (exact) mass is 413 g/mol. The molecule has 10 heteroatoms. The molecule has 0 saturated heterocycles. The van der Waals surface area contributed by atoms with Crippen molar-refractivity contribution >= 4 is 42.7 Å². The highest BCUT2D eigenvalue weighted by Gasteiger charge is 2.65. The molecule has 0 bridgehead atoms. The zero-order valence-corrected chi connectivity index (χ0v) is 13.6. The summed E-state index contributed by atoms with van der Waals surface area (Å²) in [4.78, 5) is -1.94. The van der Waals surface area contributed by atoms with Crippen molar-refractivity contribution in [1.82, 2.24) is 9.78 Å². The van der Waals surface area contributed by atoms with Crippen LogP contribution in [0.1, 0.15) is 0 Å². The van der Waals surface area contributed by atoms with E-state index in [9.17, 15) is 19.4 Å². The summed E-state index contributed by atoms with van der Waals surface area (Å²) >= 11 is 3.23. The summed E-state index contributed by atoms with van der Waals surface area (Å²) in [5.41, 5.74) is 6.96. The van der Waals surface area contributed by atoms with Crippen molar-refractivity contribution in [1.29, 1.82) is 0 Å². The van der Waals surface area contributed by atoms with Crippen LogP contribution in [0.5, 0.6) is 0 Å². The van der Waals surface area contributed by atoms with Gasteiger partial charge < -0.3 is 5.73 Å². The molecule has 2 N–H and O–H groups in total. The van der Waals surface area contributed by atoms with E-state index < -0.39 is 15.1 Å². The highest BCUT2D eigenvalue weighted by Crippen LogP contribution is 3.02. The van der Waals surface area contributed by atoms with Crippen LogP contribution in [0.3, 0.4) is 0 Å². The van der Waals surface area contributed by atoms with Gasteiger partial charge in [-0.15, -0.1) is 0 Å². The van der Waals surface area contributed by atoms with Crippen LogP contribution in [-0.2, 0) is 0 Å². The molecule has 0 aliphatic heterocycles. The average Bonchev–Trinajstić information content (AvgIpc) is 2.73. The second-order valence-electron chi connectivity index (χ2n) is 4.94. The van der Waals surface area contributed by atoms with Gasteiger partial charge in [0.2, 0.25) is 0 Å². The number of rotatable bonds is 2. The first kappa shape index (κ1) is 16.1. The van der Waals surface area contributed by atoms with Crippen LogP contribution in [0.2, 0.25) is 0 Å². The molecule has 0 amide bonds. The number of nitrogens with two attached hydrogens (primary N) is 1.